The second-order valence-electron chi connectivity index (χ2n) is 5.58. The van der Waals surface area contributed by atoms with Crippen molar-refractivity contribution in [3.05, 3.63) is 30.3 Å². The average molecular weight is 344 g/mol. The SMILES string of the molecule is O=S(=O)(N[C@H]1C2CCC(CC2)[C@@H]1Br)c1ccccc1. The third-order valence-electron chi connectivity index (χ3n) is 4.46. The van der Waals surface area contributed by atoms with Crippen LogP contribution in [0.25, 0.3) is 0 Å². The second kappa shape index (κ2) is 5.19. The minimum absolute atomic E-state index is 0.0395. The minimum Gasteiger partial charge on any atom is -0.207 e. The summed E-state index contributed by atoms with van der Waals surface area (Å²) >= 11 is 3.71. The van der Waals surface area contributed by atoms with Crippen molar-refractivity contribution in [3.63, 3.8) is 0 Å². The molecule has 104 valence electrons. The molecule has 0 aliphatic heterocycles. The van der Waals surface area contributed by atoms with Gasteiger partial charge in [0.05, 0.1) is 4.90 Å². The van der Waals surface area contributed by atoms with Crippen molar-refractivity contribution in [2.45, 2.75) is 41.4 Å². The van der Waals surface area contributed by atoms with Crippen LogP contribution in [-0.4, -0.2) is 19.3 Å². The third kappa shape index (κ3) is 2.60. The molecule has 1 aromatic carbocycles. The van der Waals surface area contributed by atoms with Gasteiger partial charge in [0.15, 0.2) is 0 Å². The van der Waals surface area contributed by atoms with Gasteiger partial charge < -0.3 is 0 Å². The summed E-state index contributed by atoms with van der Waals surface area (Å²) in [4.78, 5) is 0.634. The highest BCUT2D eigenvalue weighted by Gasteiger charge is 2.43. The second-order valence-corrected chi connectivity index (χ2v) is 8.35. The summed E-state index contributed by atoms with van der Waals surface area (Å²) < 4.78 is 27.7. The van der Waals surface area contributed by atoms with E-state index >= 15 is 0 Å². The van der Waals surface area contributed by atoms with E-state index in [4.69, 9.17) is 0 Å². The molecule has 19 heavy (non-hydrogen) atoms. The Bertz CT molecular complexity index is 536. The van der Waals surface area contributed by atoms with Crippen molar-refractivity contribution in [1.29, 1.82) is 0 Å². The Kier molecular flexibility index (Phi) is 3.71. The lowest BCUT2D eigenvalue weighted by Gasteiger charge is -2.46. The summed E-state index contributed by atoms with van der Waals surface area (Å²) in [6.45, 7) is 0. The molecule has 3 fully saturated rings. The van der Waals surface area contributed by atoms with Crippen LogP contribution in [0.3, 0.4) is 0 Å². The number of rotatable bonds is 3. The van der Waals surface area contributed by atoms with Gasteiger partial charge in [0, 0.05) is 10.9 Å². The molecular weight excluding hydrogens is 326 g/mol. The number of hydrogen-bond acceptors (Lipinski definition) is 2. The van der Waals surface area contributed by atoms with E-state index < -0.39 is 10.0 Å². The molecule has 3 nitrogen and oxygen atoms in total. The molecule has 1 aromatic rings. The molecule has 3 aliphatic carbocycles. The highest BCUT2D eigenvalue weighted by Crippen LogP contribution is 2.45. The summed E-state index contributed by atoms with van der Waals surface area (Å²) in [5, 5.41) is 0. The Labute approximate surface area is 123 Å². The number of benzene rings is 1. The number of alkyl halides is 1. The number of halogens is 1. The van der Waals surface area contributed by atoms with Gasteiger partial charge in [0.1, 0.15) is 0 Å². The maximum Gasteiger partial charge on any atom is 0.240 e. The lowest BCUT2D eigenvalue weighted by atomic mass is 9.68. The van der Waals surface area contributed by atoms with E-state index in [1.165, 1.54) is 12.8 Å². The summed E-state index contributed by atoms with van der Waals surface area (Å²) in [7, 11) is -3.40. The lowest BCUT2D eigenvalue weighted by Crippen LogP contribution is -2.54. The van der Waals surface area contributed by atoms with Crippen LogP contribution in [0.5, 0.6) is 0 Å². The highest BCUT2D eigenvalue weighted by molar-refractivity contribution is 9.09. The van der Waals surface area contributed by atoms with Crippen LogP contribution >= 0.6 is 15.9 Å². The molecule has 3 saturated carbocycles. The van der Waals surface area contributed by atoms with Crippen LogP contribution in [0.4, 0.5) is 0 Å². The van der Waals surface area contributed by atoms with E-state index in [-0.39, 0.29) is 10.9 Å². The fourth-order valence-electron chi connectivity index (χ4n) is 3.38. The summed E-state index contributed by atoms with van der Waals surface area (Å²) in [5.74, 6) is 1.10. The lowest BCUT2D eigenvalue weighted by molar-refractivity contribution is 0.149. The van der Waals surface area contributed by atoms with E-state index in [1.54, 1.807) is 24.3 Å². The first-order chi connectivity index (χ1) is 9.08. The van der Waals surface area contributed by atoms with Crippen molar-refractivity contribution in [3.8, 4) is 0 Å². The zero-order chi connectivity index (χ0) is 13.5. The van der Waals surface area contributed by atoms with Crippen molar-refractivity contribution in [2.24, 2.45) is 11.8 Å². The van der Waals surface area contributed by atoms with Crippen LogP contribution in [-0.2, 0) is 10.0 Å². The molecule has 2 bridgehead atoms. The molecule has 0 unspecified atom stereocenters. The highest BCUT2D eigenvalue weighted by atomic mass is 79.9. The zero-order valence-electron chi connectivity index (χ0n) is 10.6. The summed E-state index contributed by atoms with van der Waals surface area (Å²) in [5.41, 5.74) is 0. The molecule has 2 atom stereocenters. The van der Waals surface area contributed by atoms with Crippen molar-refractivity contribution < 1.29 is 8.42 Å². The van der Waals surface area contributed by atoms with Gasteiger partial charge in [0.25, 0.3) is 0 Å². The van der Waals surface area contributed by atoms with E-state index in [9.17, 15) is 8.42 Å². The molecule has 0 aromatic heterocycles. The van der Waals surface area contributed by atoms with Crippen molar-refractivity contribution >= 4 is 26.0 Å². The van der Waals surface area contributed by atoms with Gasteiger partial charge in [-0.3, -0.25) is 0 Å². The first kappa shape index (κ1) is 13.6. The van der Waals surface area contributed by atoms with Crippen LogP contribution < -0.4 is 4.72 Å². The monoisotopic (exact) mass is 343 g/mol. The molecule has 0 amide bonds. The van der Waals surface area contributed by atoms with Crippen LogP contribution in [0.1, 0.15) is 25.7 Å². The van der Waals surface area contributed by atoms with E-state index in [2.05, 4.69) is 20.7 Å². The quantitative estimate of drug-likeness (QED) is 0.857. The van der Waals surface area contributed by atoms with E-state index in [0.717, 1.165) is 12.8 Å². The van der Waals surface area contributed by atoms with Gasteiger partial charge in [0.2, 0.25) is 10.0 Å². The normalized spacial score (nSPS) is 34.4. The standard InChI is InChI=1S/C14H18BrNO2S/c15-13-10-6-8-11(9-7-10)14(13)16-19(17,18)12-4-2-1-3-5-12/h1-5,10-11,13-14,16H,6-9H2/t10?,11?,13-,14-/m0/s1. The Morgan fingerprint density at radius 3 is 2.16 bits per heavy atom. The maximum absolute atomic E-state index is 12.4. The van der Waals surface area contributed by atoms with E-state index in [1.807, 2.05) is 6.07 Å². The zero-order valence-corrected chi connectivity index (χ0v) is 13.0. The Hall–Kier alpha value is -0.390. The number of nitrogens with one attached hydrogen (secondary N) is 1. The van der Waals surface area contributed by atoms with Crippen LogP contribution in [0.15, 0.2) is 35.2 Å². The molecule has 4 rings (SSSR count). The summed E-state index contributed by atoms with van der Waals surface area (Å²) in [6.07, 6.45) is 4.75. The molecule has 0 heterocycles. The predicted octanol–water partition coefficient (Wildman–Crippen LogP) is 2.92. The minimum atomic E-state index is -3.40. The number of sulfonamides is 1. The van der Waals surface area contributed by atoms with Crippen molar-refractivity contribution in [2.75, 3.05) is 0 Å². The van der Waals surface area contributed by atoms with Gasteiger partial charge in [-0.05, 0) is 49.7 Å². The van der Waals surface area contributed by atoms with Gasteiger partial charge in [-0.1, -0.05) is 34.1 Å². The smallest absolute Gasteiger partial charge is 0.207 e. The Morgan fingerprint density at radius 1 is 1.00 bits per heavy atom. The Morgan fingerprint density at radius 2 is 1.58 bits per heavy atom. The molecule has 1 N–H and O–H groups in total. The van der Waals surface area contributed by atoms with Crippen molar-refractivity contribution in [1.82, 2.24) is 4.72 Å². The van der Waals surface area contributed by atoms with Gasteiger partial charge >= 0.3 is 0 Å². The Balaban J connectivity index is 1.81. The van der Waals surface area contributed by atoms with Crippen LogP contribution in [0.2, 0.25) is 0 Å². The predicted molar refractivity (Wildman–Crippen MR) is 78.7 cm³/mol. The van der Waals surface area contributed by atoms with Gasteiger partial charge in [-0.25, -0.2) is 13.1 Å². The number of fused-ring (bicyclic) bond motifs is 3. The summed E-state index contributed by atoms with van der Waals surface area (Å²) in [6, 6.07) is 8.67. The van der Waals surface area contributed by atoms with Gasteiger partial charge in [-0.15, -0.1) is 0 Å². The fourth-order valence-corrected chi connectivity index (χ4v) is 6.00. The van der Waals surface area contributed by atoms with Crippen LogP contribution in [0, 0.1) is 11.8 Å². The molecule has 0 saturated heterocycles. The van der Waals surface area contributed by atoms with Gasteiger partial charge in [-0.2, -0.15) is 0 Å². The average Bonchev–Trinajstić information content (AvgIpc) is 2.44. The molecule has 0 radical (unpaired) electrons. The molecule has 0 spiro atoms. The maximum atomic E-state index is 12.4. The first-order valence-corrected chi connectivity index (χ1v) is 9.19. The fraction of sp³-hybridized carbons (Fsp3) is 0.571. The molecular formula is C14H18BrNO2S. The topological polar surface area (TPSA) is 46.2 Å². The molecule has 5 heteroatoms. The third-order valence-corrected chi connectivity index (χ3v) is 7.25. The largest absolute Gasteiger partial charge is 0.240 e. The van der Waals surface area contributed by atoms with E-state index in [0.29, 0.717) is 16.7 Å². The first-order valence-electron chi connectivity index (χ1n) is 6.79. The number of hydrogen-bond donors (Lipinski definition) is 1. The molecule has 3 aliphatic rings.